The van der Waals surface area contributed by atoms with Crippen LogP contribution in [0.1, 0.15) is 31.9 Å². The Kier molecular flexibility index (Phi) is 4.04. The van der Waals surface area contributed by atoms with E-state index in [0.29, 0.717) is 11.6 Å². The van der Waals surface area contributed by atoms with Crippen molar-refractivity contribution in [2.75, 3.05) is 5.73 Å². The number of anilines is 1. The summed E-state index contributed by atoms with van der Waals surface area (Å²) in [4.78, 5) is 4.23. The molecule has 2 aromatic rings. The highest BCUT2D eigenvalue weighted by Crippen LogP contribution is 2.34. The summed E-state index contributed by atoms with van der Waals surface area (Å²) in [5.74, 6) is 1.30. The van der Waals surface area contributed by atoms with Crippen LogP contribution in [0.4, 0.5) is 5.69 Å². The molecular formula is C16H19BrN2O. The van der Waals surface area contributed by atoms with Gasteiger partial charge in [0.2, 0.25) is 5.88 Å². The molecule has 20 heavy (non-hydrogen) atoms. The minimum atomic E-state index is 0.0844. The SMILES string of the molecule is Cc1c(N)cnc(Oc2cccc(C(C)(C)C)c2)c1Br. The maximum atomic E-state index is 5.87. The maximum absolute atomic E-state index is 5.87. The molecule has 1 heterocycles. The highest BCUT2D eigenvalue weighted by molar-refractivity contribution is 9.10. The van der Waals surface area contributed by atoms with Gasteiger partial charge in [-0.25, -0.2) is 4.98 Å². The lowest BCUT2D eigenvalue weighted by atomic mass is 9.87. The number of hydrogen-bond acceptors (Lipinski definition) is 3. The lowest BCUT2D eigenvalue weighted by molar-refractivity contribution is 0.456. The third-order valence-electron chi connectivity index (χ3n) is 3.19. The number of halogens is 1. The van der Waals surface area contributed by atoms with Crippen LogP contribution >= 0.6 is 15.9 Å². The normalized spacial score (nSPS) is 11.4. The molecule has 0 fully saturated rings. The first-order valence-electron chi connectivity index (χ1n) is 6.48. The third kappa shape index (κ3) is 3.12. The number of hydrogen-bond donors (Lipinski definition) is 1. The Hall–Kier alpha value is -1.55. The van der Waals surface area contributed by atoms with Gasteiger partial charge in [-0.3, -0.25) is 0 Å². The Bertz CT molecular complexity index is 633. The van der Waals surface area contributed by atoms with E-state index in [9.17, 15) is 0 Å². The van der Waals surface area contributed by atoms with Gasteiger partial charge in [0.05, 0.1) is 16.4 Å². The molecule has 0 saturated heterocycles. The Morgan fingerprint density at radius 1 is 1.25 bits per heavy atom. The molecule has 0 spiro atoms. The van der Waals surface area contributed by atoms with Crippen molar-refractivity contribution in [3.63, 3.8) is 0 Å². The first-order chi connectivity index (χ1) is 9.29. The molecule has 0 aliphatic heterocycles. The molecule has 0 amide bonds. The highest BCUT2D eigenvalue weighted by Gasteiger charge is 2.15. The molecule has 106 valence electrons. The summed E-state index contributed by atoms with van der Waals surface area (Å²) >= 11 is 3.48. The van der Waals surface area contributed by atoms with Gasteiger partial charge in [0.25, 0.3) is 0 Å². The average Bonchev–Trinajstić information content (AvgIpc) is 2.39. The molecule has 0 radical (unpaired) electrons. The van der Waals surface area contributed by atoms with Crippen molar-refractivity contribution in [1.29, 1.82) is 0 Å². The molecule has 2 rings (SSSR count). The first-order valence-corrected chi connectivity index (χ1v) is 7.27. The Morgan fingerprint density at radius 3 is 2.60 bits per heavy atom. The average molecular weight is 335 g/mol. The number of nitrogen functional groups attached to an aromatic ring is 1. The second-order valence-corrected chi connectivity index (χ2v) is 6.63. The highest BCUT2D eigenvalue weighted by atomic mass is 79.9. The smallest absolute Gasteiger partial charge is 0.233 e. The molecule has 1 aromatic heterocycles. The minimum absolute atomic E-state index is 0.0844. The van der Waals surface area contributed by atoms with Crippen LogP contribution in [-0.2, 0) is 5.41 Å². The summed E-state index contributed by atoms with van der Waals surface area (Å²) in [6.45, 7) is 8.45. The van der Waals surface area contributed by atoms with E-state index >= 15 is 0 Å². The summed E-state index contributed by atoms with van der Waals surface area (Å²) in [5, 5.41) is 0. The molecule has 0 bridgehead atoms. The number of ether oxygens (including phenoxy) is 1. The van der Waals surface area contributed by atoms with Crippen LogP contribution in [0, 0.1) is 6.92 Å². The van der Waals surface area contributed by atoms with Gasteiger partial charge < -0.3 is 10.5 Å². The van der Waals surface area contributed by atoms with E-state index in [1.807, 2.05) is 25.1 Å². The van der Waals surface area contributed by atoms with Crippen LogP contribution in [-0.4, -0.2) is 4.98 Å². The van der Waals surface area contributed by atoms with Crippen molar-refractivity contribution < 1.29 is 4.74 Å². The Morgan fingerprint density at radius 2 is 1.95 bits per heavy atom. The molecule has 1 aromatic carbocycles. The van der Waals surface area contributed by atoms with Crippen LogP contribution in [0.15, 0.2) is 34.9 Å². The van der Waals surface area contributed by atoms with E-state index in [1.165, 1.54) is 5.56 Å². The summed E-state index contributed by atoms with van der Waals surface area (Å²) in [7, 11) is 0. The maximum Gasteiger partial charge on any atom is 0.233 e. The van der Waals surface area contributed by atoms with Crippen LogP contribution in [0.25, 0.3) is 0 Å². The van der Waals surface area contributed by atoms with Crippen molar-refractivity contribution in [1.82, 2.24) is 4.98 Å². The fourth-order valence-corrected chi connectivity index (χ4v) is 2.19. The summed E-state index contributed by atoms with van der Waals surface area (Å²) < 4.78 is 6.66. The number of rotatable bonds is 2. The van der Waals surface area contributed by atoms with Crippen LogP contribution < -0.4 is 10.5 Å². The lowest BCUT2D eigenvalue weighted by Gasteiger charge is -2.19. The summed E-state index contributed by atoms with van der Waals surface area (Å²) in [6.07, 6.45) is 1.61. The molecule has 0 aliphatic carbocycles. The van der Waals surface area contributed by atoms with Gasteiger partial charge in [-0.05, 0) is 51.5 Å². The fraction of sp³-hybridized carbons (Fsp3) is 0.312. The van der Waals surface area contributed by atoms with E-state index in [1.54, 1.807) is 6.20 Å². The molecule has 0 atom stereocenters. The Labute approximate surface area is 128 Å². The van der Waals surface area contributed by atoms with Gasteiger partial charge in [-0.1, -0.05) is 32.9 Å². The monoisotopic (exact) mass is 334 g/mol. The quantitative estimate of drug-likeness (QED) is 0.855. The number of nitrogens with two attached hydrogens (primary N) is 1. The van der Waals surface area contributed by atoms with Crippen molar-refractivity contribution in [3.05, 3.63) is 46.1 Å². The van der Waals surface area contributed by atoms with Gasteiger partial charge in [-0.15, -0.1) is 0 Å². The van der Waals surface area contributed by atoms with Gasteiger partial charge in [0.15, 0.2) is 0 Å². The zero-order valence-electron chi connectivity index (χ0n) is 12.2. The lowest BCUT2D eigenvalue weighted by Crippen LogP contribution is -2.10. The number of benzene rings is 1. The summed E-state index contributed by atoms with van der Waals surface area (Å²) in [6, 6.07) is 8.06. The minimum Gasteiger partial charge on any atom is -0.438 e. The van der Waals surface area contributed by atoms with E-state index in [0.717, 1.165) is 15.8 Å². The molecular weight excluding hydrogens is 316 g/mol. The number of nitrogens with zero attached hydrogens (tertiary/aromatic N) is 1. The predicted molar refractivity (Wildman–Crippen MR) is 86.3 cm³/mol. The van der Waals surface area contributed by atoms with Crippen molar-refractivity contribution in [2.45, 2.75) is 33.1 Å². The zero-order chi connectivity index (χ0) is 14.9. The van der Waals surface area contributed by atoms with Crippen LogP contribution in [0.5, 0.6) is 11.6 Å². The molecule has 3 nitrogen and oxygen atoms in total. The second kappa shape index (κ2) is 5.44. The molecule has 4 heteroatoms. The van der Waals surface area contributed by atoms with Crippen molar-refractivity contribution in [3.8, 4) is 11.6 Å². The number of aromatic nitrogens is 1. The number of pyridine rings is 1. The van der Waals surface area contributed by atoms with Gasteiger partial charge >= 0.3 is 0 Å². The summed E-state index contributed by atoms with van der Waals surface area (Å²) in [5.41, 5.74) is 8.70. The van der Waals surface area contributed by atoms with E-state index < -0.39 is 0 Å². The molecule has 0 saturated carbocycles. The molecule has 0 aliphatic rings. The van der Waals surface area contributed by atoms with Gasteiger partial charge in [0, 0.05) is 0 Å². The fourth-order valence-electron chi connectivity index (χ4n) is 1.78. The van der Waals surface area contributed by atoms with E-state index in [-0.39, 0.29) is 5.41 Å². The third-order valence-corrected chi connectivity index (χ3v) is 4.12. The first kappa shape index (κ1) is 14.9. The second-order valence-electron chi connectivity index (χ2n) is 5.84. The van der Waals surface area contributed by atoms with Crippen molar-refractivity contribution >= 4 is 21.6 Å². The van der Waals surface area contributed by atoms with Crippen LogP contribution in [0.2, 0.25) is 0 Å². The van der Waals surface area contributed by atoms with Crippen LogP contribution in [0.3, 0.4) is 0 Å². The zero-order valence-corrected chi connectivity index (χ0v) is 13.8. The Balaban J connectivity index is 2.34. The van der Waals surface area contributed by atoms with Gasteiger partial charge in [0.1, 0.15) is 5.75 Å². The predicted octanol–water partition coefficient (Wildman–Crippen LogP) is 4.82. The largest absolute Gasteiger partial charge is 0.438 e. The topological polar surface area (TPSA) is 48.1 Å². The van der Waals surface area contributed by atoms with E-state index in [2.05, 4.69) is 47.8 Å². The van der Waals surface area contributed by atoms with E-state index in [4.69, 9.17) is 10.5 Å². The van der Waals surface area contributed by atoms with Gasteiger partial charge in [-0.2, -0.15) is 0 Å². The molecule has 0 unspecified atom stereocenters. The standard InChI is InChI=1S/C16H19BrN2O/c1-10-13(18)9-19-15(14(10)17)20-12-7-5-6-11(8-12)16(2,3)4/h5-9H,18H2,1-4H3. The molecule has 2 N–H and O–H groups in total. The van der Waals surface area contributed by atoms with Crippen molar-refractivity contribution in [2.24, 2.45) is 0 Å².